The van der Waals surface area contributed by atoms with Crippen LogP contribution in [-0.4, -0.2) is 62.9 Å². The Morgan fingerprint density at radius 1 is 1.27 bits per heavy atom. The van der Waals surface area contributed by atoms with Gasteiger partial charge in [0.05, 0.1) is 17.9 Å². The molecule has 3 aromatic heterocycles. The van der Waals surface area contributed by atoms with E-state index in [0.29, 0.717) is 47.5 Å². The Morgan fingerprint density at radius 3 is 2.87 bits per heavy atom. The van der Waals surface area contributed by atoms with Crippen molar-refractivity contribution in [3.63, 3.8) is 0 Å². The van der Waals surface area contributed by atoms with Gasteiger partial charge in [0.25, 0.3) is 6.43 Å². The van der Waals surface area contributed by atoms with Gasteiger partial charge in [-0.3, -0.25) is 0 Å². The summed E-state index contributed by atoms with van der Waals surface area (Å²) in [6.07, 6.45) is 1.50. The summed E-state index contributed by atoms with van der Waals surface area (Å²) in [5.41, 5.74) is 2.30. The number of aromatic nitrogens is 5. The van der Waals surface area contributed by atoms with E-state index in [1.54, 1.807) is 29.0 Å². The first-order chi connectivity index (χ1) is 14.6. The molecule has 5 rings (SSSR count). The maximum Gasteiger partial charge on any atom is 0.272 e. The molecule has 2 atom stereocenters. The van der Waals surface area contributed by atoms with Crippen molar-refractivity contribution in [3.8, 4) is 17.1 Å². The van der Waals surface area contributed by atoms with Gasteiger partial charge in [-0.25, -0.2) is 32.6 Å². The molecule has 0 amide bonds. The Kier molecular flexibility index (Phi) is 4.89. The van der Waals surface area contributed by atoms with E-state index in [1.807, 2.05) is 0 Å². The minimum Gasteiger partial charge on any atom is -0.485 e. The van der Waals surface area contributed by atoms with Crippen molar-refractivity contribution in [1.29, 1.82) is 0 Å². The lowest BCUT2D eigenvalue weighted by Crippen LogP contribution is -2.30. The molecule has 1 saturated carbocycles. The van der Waals surface area contributed by atoms with Crippen LogP contribution in [0.2, 0.25) is 0 Å². The summed E-state index contributed by atoms with van der Waals surface area (Å²) in [6, 6.07) is 2.95. The lowest BCUT2D eigenvalue weighted by Gasteiger charge is -2.14. The molecule has 0 aromatic carbocycles. The highest BCUT2D eigenvalue weighted by atomic mass is 19.3. The zero-order valence-corrected chi connectivity index (χ0v) is 15.9. The highest BCUT2D eigenvalue weighted by Gasteiger charge is 2.31. The van der Waals surface area contributed by atoms with E-state index in [0.717, 1.165) is 12.8 Å². The van der Waals surface area contributed by atoms with Crippen LogP contribution in [0.1, 0.15) is 24.5 Å². The van der Waals surface area contributed by atoms with Gasteiger partial charge >= 0.3 is 0 Å². The first kappa shape index (κ1) is 19.0. The number of fused-ring (bicyclic) bond motifs is 1. The van der Waals surface area contributed by atoms with E-state index in [1.165, 1.54) is 0 Å². The van der Waals surface area contributed by atoms with Crippen molar-refractivity contribution >= 4 is 11.6 Å². The molecular weight excluding hydrogens is 399 g/mol. The molecule has 30 heavy (non-hydrogen) atoms. The average molecular weight is 419 g/mol. The van der Waals surface area contributed by atoms with Crippen LogP contribution in [0.3, 0.4) is 0 Å². The van der Waals surface area contributed by atoms with Crippen molar-refractivity contribution in [2.45, 2.75) is 37.4 Å². The molecule has 11 heteroatoms. The van der Waals surface area contributed by atoms with Crippen molar-refractivity contribution in [1.82, 2.24) is 29.9 Å². The molecule has 8 nitrogen and oxygen atoms in total. The fourth-order valence-electron chi connectivity index (χ4n) is 3.52. The number of rotatable bonds is 7. The Morgan fingerprint density at radius 2 is 2.13 bits per heavy atom. The van der Waals surface area contributed by atoms with Crippen LogP contribution in [0.4, 0.5) is 19.1 Å². The molecule has 2 N–H and O–H groups in total. The smallest absolute Gasteiger partial charge is 0.272 e. The van der Waals surface area contributed by atoms with Gasteiger partial charge in [-0.15, -0.1) is 0 Å². The molecular formula is C19H20F3N7O. The summed E-state index contributed by atoms with van der Waals surface area (Å²) in [5, 5.41) is 10.6. The number of alkyl halides is 3. The van der Waals surface area contributed by atoms with E-state index in [9.17, 15) is 13.2 Å². The van der Waals surface area contributed by atoms with Crippen molar-refractivity contribution in [3.05, 3.63) is 30.2 Å². The minimum atomic E-state index is -2.56. The second-order valence-corrected chi connectivity index (χ2v) is 7.47. The third-order valence-corrected chi connectivity index (χ3v) is 5.19. The minimum absolute atomic E-state index is 0.191. The van der Waals surface area contributed by atoms with Crippen LogP contribution < -0.4 is 15.4 Å². The summed E-state index contributed by atoms with van der Waals surface area (Å²) < 4.78 is 46.0. The van der Waals surface area contributed by atoms with Crippen LogP contribution in [-0.2, 0) is 0 Å². The lowest BCUT2D eigenvalue weighted by atomic mass is 10.2. The molecule has 1 aliphatic heterocycles. The predicted octanol–water partition coefficient (Wildman–Crippen LogP) is 2.43. The van der Waals surface area contributed by atoms with Crippen LogP contribution in [0.15, 0.2) is 24.5 Å². The highest BCUT2D eigenvalue weighted by molar-refractivity contribution is 5.61. The zero-order chi connectivity index (χ0) is 20.7. The largest absolute Gasteiger partial charge is 0.485 e. The third-order valence-electron chi connectivity index (χ3n) is 5.19. The monoisotopic (exact) mass is 419 g/mol. The van der Waals surface area contributed by atoms with Crippen LogP contribution >= 0.6 is 0 Å². The number of hydrogen-bond acceptors (Lipinski definition) is 7. The van der Waals surface area contributed by atoms with Gasteiger partial charge in [0, 0.05) is 31.3 Å². The Bertz CT molecular complexity index is 1060. The van der Waals surface area contributed by atoms with E-state index in [2.05, 4.69) is 30.7 Å². The molecule has 0 spiro atoms. The number of hydrogen-bond donors (Lipinski definition) is 2. The van der Waals surface area contributed by atoms with Crippen LogP contribution in [0, 0.1) is 0 Å². The number of imidazole rings is 1. The van der Waals surface area contributed by atoms with Gasteiger partial charge in [-0.05, 0) is 18.9 Å². The lowest BCUT2D eigenvalue weighted by molar-refractivity contribution is 0.0811. The molecule has 0 radical (unpaired) electrons. The second kappa shape index (κ2) is 7.71. The Labute approximate surface area is 169 Å². The summed E-state index contributed by atoms with van der Waals surface area (Å²) in [6.45, 7) is 0.115. The number of ether oxygens (including phenoxy) is 1. The van der Waals surface area contributed by atoms with Crippen molar-refractivity contribution in [2.24, 2.45) is 0 Å². The van der Waals surface area contributed by atoms with Crippen LogP contribution in [0.5, 0.6) is 5.75 Å². The first-order valence-corrected chi connectivity index (χ1v) is 9.83. The van der Waals surface area contributed by atoms with E-state index in [-0.39, 0.29) is 5.92 Å². The molecule has 0 bridgehead atoms. The summed E-state index contributed by atoms with van der Waals surface area (Å²) in [5.74, 6) is 0.852. The van der Waals surface area contributed by atoms with Gasteiger partial charge < -0.3 is 15.4 Å². The summed E-state index contributed by atoms with van der Waals surface area (Å²) in [7, 11) is 0. The molecule has 158 valence electrons. The number of nitrogens with one attached hydrogen (secondary N) is 2. The Balaban J connectivity index is 1.47. The number of anilines is 1. The topological polar surface area (TPSA) is 89.3 Å². The van der Waals surface area contributed by atoms with Gasteiger partial charge in [0.15, 0.2) is 5.65 Å². The normalized spacial score (nSPS) is 21.5. The standard InChI is InChI=1S/C19H20F3N7O/c20-11-6-23-7-13(11)27-19-24-4-3-12(26-19)14-8-25-17-5-15(30-9-16(21)22)18(10-1-2-10)28-29(14)17/h3-5,8,10-11,13,16,23H,1-2,6-7,9H2,(H,24,26,27)/t11-,13-/m0/s1. The molecule has 1 saturated heterocycles. The van der Waals surface area contributed by atoms with Crippen molar-refractivity contribution in [2.75, 3.05) is 25.0 Å². The molecule has 2 aliphatic rings. The SMILES string of the molecule is FC(F)COc1cc2ncc(-c3ccnc(N[C@H]4CNC[C@@H]4F)n3)n2nc1C1CC1. The number of nitrogens with zero attached hydrogens (tertiary/aromatic N) is 5. The van der Waals surface area contributed by atoms with Gasteiger partial charge in [-0.2, -0.15) is 5.10 Å². The number of halogens is 3. The average Bonchev–Trinajstić information content (AvgIpc) is 3.38. The summed E-state index contributed by atoms with van der Waals surface area (Å²) in [4.78, 5) is 13.0. The van der Waals surface area contributed by atoms with E-state index < -0.39 is 25.2 Å². The fraction of sp³-hybridized carbons (Fsp3) is 0.474. The van der Waals surface area contributed by atoms with Crippen molar-refractivity contribution < 1.29 is 17.9 Å². The van der Waals surface area contributed by atoms with E-state index >= 15 is 0 Å². The van der Waals surface area contributed by atoms with E-state index in [4.69, 9.17) is 4.74 Å². The van der Waals surface area contributed by atoms with Gasteiger partial charge in [0.2, 0.25) is 5.95 Å². The molecule has 4 heterocycles. The van der Waals surface area contributed by atoms with Gasteiger partial charge in [-0.1, -0.05) is 0 Å². The zero-order valence-electron chi connectivity index (χ0n) is 15.9. The molecule has 3 aromatic rings. The first-order valence-electron chi connectivity index (χ1n) is 9.83. The quantitative estimate of drug-likeness (QED) is 0.608. The third kappa shape index (κ3) is 3.76. The van der Waals surface area contributed by atoms with Gasteiger partial charge in [0.1, 0.15) is 29.9 Å². The summed E-state index contributed by atoms with van der Waals surface area (Å²) >= 11 is 0. The molecule has 1 aliphatic carbocycles. The maximum absolute atomic E-state index is 13.9. The predicted molar refractivity (Wildman–Crippen MR) is 103 cm³/mol. The highest BCUT2D eigenvalue weighted by Crippen LogP contribution is 2.43. The molecule has 0 unspecified atom stereocenters. The fourth-order valence-corrected chi connectivity index (χ4v) is 3.52. The maximum atomic E-state index is 13.9. The Hall–Kier alpha value is -2.95. The molecule has 2 fully saturated rings. The second-order valence-electron chi connectivity index (χ2n) is 7.47. The van der Waals surface area contributed by atoms with Crippen LogP contribution in [0.25, 0.3) is 17.0 Å².